The zero-order valence-electron chi connectivity index (χ0n) is 14.8. The van der Waals surface area contributed by atoms with Gasteiger partial charge in [-0.15, -0.1) is 0 Å². The molecule has 0 saturated carbocycles. The Kier molecular flexibility index (Phi) is 5.02. The standard InChI is InChI=1S/C18H18N6O3/c1-11-4-3-5-13(10-11)21-18-22-16(19)15(24(25)26)17(23-18)20-12-6-8-14(27-2)9-7-12/h3-10H,1-2H3,(H4,19,20,21,22,23). The number of nitrogens with two attached hydrogens (primary N) is 1. The molecule has 0 atom stereocenters. The highest BCUT2D eigenvalue weighted by Gasteiger charge is 2.23. The molecule has 3 rings (SSSR count). The van der Waals surface area contributed by atoms with Crippen molar-refractivity contribution in [3.8, 4) is 5.75 Å². The average molecular weight is 366 g/mol. The number of nitrogens with one attached hydrogen (secondary N) is 2. The van der Waals surface area contributed by atoms with Crippen LogP contribution >= 0.6 is 0 Å². The van der Waals surface area contributed by atoms with Gasteiger partial charge in [0.2, 0.25) is 17.6 Å². The number of nitrogens with zero attached hydrogens (tertiary/aromatic N) is 3. The van der Waals surface area contributed by atoms with E-state index in [4.69, 9.17) is 10.5 Å². The van der Waals surface area contributed by atoms with E-state index in [2.05, 4.69) is 20.6 Å². The summed E-state index contributed by atoms with van der Waals surface area (Å²) in [5.74, 6) is 0.577. The number of nitrogen functional groups attached to an aromatic ring is 1. The molecule has 3 aromatic rings. The lowest BCUT2D eigenvalue weighted by atomic mass is 10.2. The van der Waals surface area contributed by atoms with Crippen LogP contribution in [-0.2, 0) is 0 Å². The molecule has 138 valence electrons. The Labute approximate surface area is 155 Å². The summed E-state index contributed by atoms with van der Waals surface area (Å²) in [7, 11) is 1.56. The van der Waals surface area contributed by atoms with Gasteiger partial charge in [-0.1, -0.05) is 12.1 Å². The van der Waals surface area contributed by atoms with Gasteiger partial charge in [-0.25, -0.2) is 0 Å². The minimum Gasteiger partial charge on any atom is -0.497 e. The smallest absolute Gasteiger partial charge is 0.353 e. The first kappa shape index (κ1) is 17.9. The van der Waals surface area contributed by atoms with Crippen molar-refractivity contribution < 1.29 is 9.66 Å². The number of aromatic nitrogens is 2. The largest absolute Gasteiger partial charge is 0.497 e. The second kappa shape index (κ2) is 7.56. The summed E-state index contributed by atoms with van der Waals surface area (Å²) in [6.07, 6.45) is 0. The van der Waals surface area contributed by atoms with Crippen molar-refractivity contribution in [3.63, 3.8) is 0 Å². The summed E-state index contributed by atoms with van der Waals surface area (Å²) < 4.78 is 5.10. The van der Waals surface area contributed by atoms with Gasteiger partial charge >= 0.3 is 5.69 Å². The molecule has 9 nitrogen and oxygen atoms in total. The molecule has 0 radical (unpaired) electrons. The van der Waals surface area contributed by atoms with Gasteiger partial charge in [-0.2, -0.15) is 9.97 Å². The topological polar surface area (TPSA) is 128 Å². The van der Waals surface area contributed by atoms with Crippen molar-refractivity contribution in [1.29, 1.82) is 0 Å². The van der Waals surface area contributed by atoms with Crippen LogP contribution in [0.5, 0.6) is 5.75 Å². The zero-order chi connectivity index (χ0) is 19.4. The maximum atomic E-state index is 11.4. The summed E-state index contributed by atoms with van der Waals surface area (Å²) >= 11 is 0. The second-order valence-corrected chi connectivity index (χ2v) is 5.73. The van der Waals surface area contributed by atoms with Crippen molar-refractivity contribution in [2.24, 2.45) is 0 Å². The molecule has 0 bridgehead atoms. The first-order valence-electron chi connectivity index (χ1n) is 8.03. The maximum absolute atomic E-state index is 11.4. The first-order valence-corrected chi connectivity index (χ1v) is 8.03. The second-order valence-electron chi connectivity index (χ2n) is 5.73. The van der Waals surface area contributed by atoms with Gasteiger partial charge < -0.3 is 21.1 Å². The van der Waals surface area contributed by atoms with Crippen LogP contribution < -0.4 is 21.1 Å². The van der Waals surface area contributed by atoms with Gasteiger partial charge in [0.05, 0.1) is 12.0 Å². The minimum atomic E-state index is -0.613. The third kappa shape index (κ3) is 4.21. The highest BCUT2D eigenvalue weighted by Crippen LogP contribution is 2.32. The molecule has 2 aromatic carbocycles. The molecule has 1 aromatic heterocycles. The zero-order valence-corrected chi connectivity index (χ0v) is 14.8. The molecule has 0 amide bonds. The monoisotopic (exact) mass is 366 g/mol. The SMILES string of the molecule is COc1ccc(Nc2nc(Nc3cccc(C)c3)nc(N)c2[N+](=O)[O-])cc1. The first-order chi connectivity index (χ1) is 13.0. The highest BCUT2D eigenvalue weighted by atomic mass is 16.6. The number of hydrogen-bond acceptors (Lipinski definition) is 8. The Morgan fingerprint density at radius 1 is 1.07 bits per heavy atom. The molecular formula is C18H18N6O3. The Hall–Kier alpha value is -3.88. The van der Waals surface area contributed by atoms with Gasteiger partial charge in [0, 0.05) is 11.4 Å². The Balaban J connectivity index is 1.96. The quantitative estimate of drug-likeness (QED) is 0.444. The third-order valence-electron chi connectivity index (χ3n) is 3.72. The normalized spacial score (nSPS) is 10.3. The Morgan fingerprint density at radius 2 is 1.81 bits per heavy atom. The molecule has 9 heteroatoms. The fourth-order valence-electron chi connectivity index (χ4n) is 2.46. The Morgan fingerprint density at radius 3 is 2.44 bits per heavy atom. The number of benzene rings is 2. The number of nitro groups is 1. The highest BCUT2D eigenvalue weighted by molar-refractivity contribution is 5.75. The number of ether oxygens (including phenoxy) is 1. The molecule has 4 N–H and O–H groups in total. The van der Waals surface area contributed by atoms with Crippen molar-refractivity contribution in [3.05, 3.63) is 64.2 Å². The van der Waals surface area contributed by atoms with Gasteiger partial charge in [0.1, 0.15) is 5.75 Å². The molecule has 0 aliphatic rings. The fourth-order valence-corrected chi connectivity index (χ4v) is 2.46. The van der Waals surface area contributed by atoms with Crippen LogP contribution in [0.2, 0.25) is 0 Å². The van der Waals surface area contributed by atoms with E-state index in [9.17, 15) is 10.1 Å². The predicted molar refractivity (Wildman–Crippen MR) is 104 cm³/mol. The molecule has 0 spiro atoms. The molecule has 0 unspecified atom stereocenters. The number of hydrogen-bond donors (Lipinski definition) is 3. The van der Waals surface area contributed by atoms with Gasteiger partial charge in [0.15, 0.2) is 0 Å². The predicted octanol–water partition coefficient (Wildman–Crippen LogP) is 3.77. The lowest BCUT2D eigenvalue weighted by Crippen LogP contribution is -2.08. The minimum absolute atomic E-state index is 0.00665. The van der Waals surface area contributed by atoms with E-state index in [1.807, 2.05) is 31.2 Å². The summed E-state index contributed by atoms with van der Waals surface area (Å²) in [5, 5.41) is 17.3. The van der Waals surface area contributed by atoms with E-state index < -0.39 is 4.92 Å². The van der Waals surface area contributed by atoms with Crippen molar-refractivity contribution in [2.45, 2.75) is 6.92 Å². The van der Waals surface area contributed by atoms with Crippen LogP contribution in [0, 0.1) is 17.0 Å². The summed E-state index contributed by atoms with van der Waals surface area (Å²) in [6, 6.07) is 14.5. The third-order valence-corrected chi connectivity index (χ3v) is 3.72. The molecule has 1 heterocycles. The lowest BCUT2D eigenvalue weighted by molar-refractivity contribution is -0.383. The van der Waals surface area contributed by atoms with E-state index in [0.29, 0.717) is 11.4 Å². The van der Waals surface area contributed by atoms with Crippen molar-refractivity contribution in [2.75, 3.05) is 23.5 Å². The van der Waals surface area contributed by atoms with Gasteiger partial charge in [-0.3, -0.25) is 10.1 Å². The van der Waals surface area contributed by atoms with E-state index >= 15 is 0 Å². The van der Waals surface area contributed by atoms with E-state index in [1.54, 1.807) is 31.4 Å². The van der Waals surface area contributed by atoms with Crippen molar-refractivity contribution >= 4 is 34.6 Å². The van der Waals surface area contributed by atoms with Gasteiger partial charge in [0.25, 0.3) is 0 Å². The van der Waals surface area contributed by atoms with Gasteiger partial charge in [-0.05, 0) is 48.9 Å². The fraction of sp³-hybridized carbons (Fsp3) is 0.111. The molecule has 27 heavy (non-hydrogen) atoms. The number of anilines is 5. The summed E-state index contributed by atoms with van der Waals surface area (Å²) in [6.45, 7) is 1.95. The van der Waals surface area contributed by atoms with Crippen LogP contribution in [0.3, 0.4) is 0 Å². The van der Waals surface area contributed by atoms with Crippen LogP contribution in [0.25, 0.3) is 0 Å². The molecule has 0 saturated heterocycles. The van der Waals surface area contributed by atoms with E-state index in [1.165, 1.54) is 0 Å². The summed E-state index contributed by atoms with van der Waals surface area (Å²) in [4.78, 5) is 19.0. The molecular weight excluding hydrogens is 348 g/mol. The van der Waals surface area contributed by atoms with Crippen LogP contribution in [0.1, 0.15) is 5.56 Å². The van der Waals surface area contributed by atoms with Crippen molar-refractivity contribution in [1.82, 2.24) is 9.97 Å². The summed E-state index contributed by atoms with van der Waals surface area (Å²) in [5.41, 5.74) is 7.82. The van der Waals surface area contributed by atoms with Crippen LogP contribution in [0.4, 0.5) is 34.6 Å². The van der Waals surface area contributed by atoms with E-state index in [-0.39, 0.29) is 23.3 Å². The number of rotatable bonds is 6. The molecule has 0 fully saturated rings. The Bertz CT molecular complexity index is 975. The molecule has 0 aliphatic carbocycles. The number of aryl methyl sites for hydroxylation is 1. The lowest BCUT2D eigenvalue weighted by Gasteiger charge is -2.11. The maximum Gasteiger partial charge on any atom is 0.353 e. The molecule has 0 aliphatic heterocycles. The van der Waals surface area contributed by atoms with Crippen LogP contribution in [0.15, 0.2) is 48.5 Å². The number of methoxy groups -OCH3 is 1. The average Bonchev–Trinajstić information content (AvgIpc) is 2.61. The van der Waals surface area contributed by atoms with E-state index in [0.717, 1.165) is 11.3 Å². The van der Waals surface area contributed by atoms with Crippen LogP contribution in [-0.4, -0.2) is 22.0 Å².